The molecule has 0 spiro atoms. The first-order valence-corrected chi connectivity index (χ1v) is 6.96. The molecule has 1 aliphatic heterocycles. The number of aliphatic carboxylic acids is 1. The quantitative estimate of drug-likeness (QED) is 0.906. The third-order valence-corrected chi connectivity index (χ3v) is 3.79. The van der Waals surface area contributed by atoms with E-state index < -0.39 is 12.0 Å². The molecule has 1 aliphatic rings. The van der Waals surface area contributed by atoms with Crippen LogP contribution >= 0.6 is 0 Å². The zero-order valence-electron chi connectivity index (χ0n) is 12.1. The Morgan fingerprint density at radius 3 is 2.64 bits per heavy atom. The number of carboxylic acids is 1. The third kappa shape index (κ3) is 2.55. The molecule has 0 saturated carbocycles. The van der Waals surface area contributed by atoms with Gasteiger partial charge in [-0.2, -0.15) is 0 Å². The number of benzene rings is 1. The van der Waals surface area contributed by atoms with Gasteiger partial charge < -0.3 is 10.0 Å². The molecule has 22 heavy (non-hydrogen) atoms. The molecule has 1 amide bonds. The van der Waals surface area contributed by atoms with Crippen LogP contribution in [-0.4, -0.2) is 37.9 Å². The van der Waals surface area contributed by atoms with Crippen LogP contribution in [0.25, 0.3) is 0 Å². The van der Waals surface area contributed by atoms with E-state index in [2.05, 4.69) is 9.97 Å². The van der Waals surface area contributed by atoms with E-state index in [1.54, 1.807) is 6.92 Å². The molecule has 6 heteroatoms. The lowest BCUT2D eigenvalue weighted by atomic mass is 9.93. The van der Waals surface area contributed by atoms with Gasteiger partial charge >= 0.3 is 5.97 Å². The summed E-state index contributed by atoms with van der Waals surface area (Å²) in [5.41, 5.74) is 2.16. The maximum Gasteiger partial charge on any atom is 0.326 e. The van der Waals surface area contributed by atoms with Gasteiger partial charge in [-0.15, -0.1) is 0 Å². The maximum absolute atomic E-state index is 12.6. The largest absolute Gasteiger partial charge is 0.480 e. The summed E-state index contributed by atoms with van der Waals surface area (Å²) in [4.78, 5) is 33.6. The number of nitrogens with zero attached hydrogens (tertiary/aromatic N) is 3. The second kappa shape index (κ2) is 5.55. The second-order valence-corrected chi connectivity index (χ2v) is 5.25. The Hall–Kier alpha value is -2.76. The fourth-order valence-corrected chi connectivity index (χ4v) is 2.68. The van der Waals surface area contributed by atoms with Crippen molar-refractivity contribution in [3.05, 3.63) is 59.2 Å². The molecule has 0 saturated heterocycles. The number of hydrogen-bond acceptors (Lipinski definition) is 4. The highest BCUT2D eigenvalue weighted by atomic mass is 16.4. The number of carboxylic acid groups (broad SMARTS) is 1. The summed E-state index contributed by atoms with van der Waals surface area (Å²) in [6.45, 7) is 1.96. The molecule has 2 aromatic rings. The lowest BCUT2D eigenvalue weighted by molar-refractivity contribution is -0.142. The molecule has 1 N–H and O–H groups in total. The average Bonchev–Trinajstić information content (AvgIpc) is 2.52. The summed E-state index contributed by atoms with van der Waals surface area (Å²) in [5, 5.41) is 9.46. The Morgan fingerprint density at radius 1 is 1.23 bits per heavy atom. The predicted octanol–water partition coefficient (Wildman–Crippen LogP) is 1.44. The standard InChI is InChI=1S/C16H15N3O3/c1-10-17-7-6-13(18-10)15(20)19-9-12-5-3-2-4-11(12)8-14(19)16(21)22/h2-7,14H,8-9H2,1H3,(H,21,22)/t14-/m0/s1. The minimum atomic E-state index is -1.01. The molecular formula is C16H15N3O3. The SMILES string of the molecule is Cc1nccc(C(=O)N2Cc3ccccc3C[C@H]2C(=O)O)n1. The molecule has 2 heterocycles. The maximum atomic E-state index is 12.6. The van der Waals surface area contributed by atoms with Gasteiger partial charge in [0.25, 0.3) is 5.91 Å². The fraction of sp³-hybridized carbons (Fsp3) is 0.250. The Balaban J connectivity index is 1.97. The van der Waals surface area contributed by atoms with Crippen LogP contribution < -0.4 is 0 Å². The Labute approximate surface area is 127 Å². The molecule has 1 atom stereocenters. The summed E-state index contributed by atoms with van der Waals surface area (Å²) in [7, 11) is 0. The second-order valence-electron chi connectivity index (χ2n) is 5.25. The summed E-state index contributed by atoms with van der Waals surface area (Å²) >= 11 is 0. The van der Waals surface area contributed by atoms with E-state index in [9.17, 15) is 14.7 Å². The molecule has 1 aromatic carbocycles. The van der Waals surface area contributed by atoms with Crippen LogP contribution in [0.5, 0.6) is 0 Å². The van der Waals surface area contributed by atoms with Crippen molar-refractivity contribution in [2.45, 2.75) is 25.9 Å². The van der Waals surface area contributed by atoms with Crippen molar-refractivity contribution < 1.29 is 14.7 Å². The highest BCUT2D eigenvalue weighted by molar-refractivity contribution is 5.95. The van der Waals surface area contributed by atoms with Gasteiger partial charge in [-0.1, -0.05) is 24.3 Å². The fourth-order valence-electron chi connectivity index (χ4n) is 2.68. The third-order valence-electron chi connectivity index (χ3n) is 3.79. The van der Waals surface area contributed by atoms with Gasteiger partial charge in [0.05, 0.1) is 0 Å². The number of aromatic nitrogens is 2. The Bertz CT molecular complexity index is 745. The minimum Gasteiger partial charge on any atom is -0.480 e. The monoisotopic (exact) mass is 297 g/mol. The van der Waals surface area contributed by atoms with Gasteiger partial charge in [-0.25, -0.2) is 14.8 Å². The van der Waals surface area contributed by atoms with Crippen molar-refractivity contribution in [2.75, 3.05) is 0 Å². The van der Waals surface area contributed by atoms with Crippen LogP contribution in [0, 0.1) is 6.92 Å². The number of aryl methyl sites for hydroxylation is 1. The summed E-state index contributed by atoms with van der Waals surface area (Å²) < 4.78 is 0. The van der Waals surface area contributed by atoms with Crippen LogP contribution in [0.4, 0.5) is 0 Å². The average molecular weight is 297 g/mol. The molecule has 1 aromatic heterocycles. The predicted molar refractivity (Wildman–Crippen MR) is 78.2 cm³/mol. The van der Waals surface area contributed by atoms with Crippen LogP contribution in [0.3, 0.4) is 0 Å². The molecule has 0 bridgehead atoms. The Morgan fingerprint density at radius 2 is 1.95 bits per heavy atom. The number of carbonyl (C=O) groups is 2. The van der Waals surface area contributed by atoms with E-state index in [0.717, 1.165) is 11.1 Å². The summed E-state index contributed by atoms with van der Waals surface area (Å²) in [5.74, 6) is -0.906. The smallest absolute Gasteiger partial charge is 0.326 e. The number of fused-ring (bicyclic) bond motifs is 1. The minimum absolute atomic E-state index is 0.220. The highest BCUT2D eigenvalue weighted by Gasteiger charge is 2.35. The lowest BCUT2D eigenvalue weighted by Gasteiger charge is -2.34. The first-order chi connectivity index (χ1) is 10.6. The van der Waals surface area contributed by atoms with Crippen molar-refractivity contribution in [1.29, 1.82) is 0 Å². The molecule has 3 rings (SSSR count). The molecule has 112 valence electrons. The van der Waals surface area contributed by atoms with Gasteiger partial charge in [-0.05, 0) is 24.1 Å². The number of carbonyl (C=O) groups excluding carboxylic acids is 1. The van der Waals surface area contributed by atoms with Gasteiger partial charge in [0.15, 0.2) is 0 Å². The molecular weight excluding hydrogens is 282 g/mol. The van der Waals surface area contributed by atoms with Gasteiger partial charge in [-0.3, -0.25) is 4.79 Å². The lowest BCUT2D eigenvalue weighted by Crippen LogP contribution is -2.48. The summed E-state index contributed by atoms with van der Waals surface area (Å²) in [6.07, 6.45) is 1.81. The number of rotatable bonds is 2. The van der Waals surface area contributed by atoms with Crippen LogP contribution in [-0.2, 0) is 17.8 Å². The molecule has 0 radical (unpaired) electrons. The van der Waals surface area contributed by atoms with Gasteiger partial charge in [0.1, 0.15) is 17.6 Å². The van der Waals surface area contributed by atoms with E-state index in [-0.39, 0.29) is 18.1 Å². The number of hydrogen-bond donors (Lipinski definition) is 1. The van der Waals surface area contributed by atoms with E-state index >= 15 is 0 Å². The zero-order chi connectivity index (χ0) is 15.7. The summed E-state index contributed by atoms with van der Waals surface area (Å²) in [6, 6.07) is 8.22. The van der Waals surface area contributed by atoms with Gasteiger partial charge in [0, 0.05) is 19.2 Å². The van der Waals surface area contributed by atoms with E-state index in [0.29, 0.717) is 12.2 Å². The first kappa shape index (κ1) is 14.2. The van der Waals surface area contributed by atoms with Gasteiger partial charge in [0.2, 0.25) is 0 Å². The van der Waals surface area contributed by atoms with Crippen molar-refractivity contribution in [3.63, 3.8) is 0 Å². The first-order valence-electron chi connectivity index (χ1n) is 6.96. The van der Waals surface area contributed by atoms with E-state index in [1.165, 1.54) is 17.2 Å². The molecule has 6 nitrogen and oxygen atoms in total. The van der Waals surface area contributed by atoms with Crippen molar-refractivity contribution in [2.24, 2.45) is 0 Å². The van der Waals surface area contributed by atoms with Crippen molar-refractivity contribution in [3.8, 4) is 0 Å². The van der Waals surface area contributed by atoms with Crippen molar-refractivity contribution in [1.82, 2.24) is 14.9 Å². The normalized spacial score (nSPS) is 17.0. The number of amides is 1. The highest BCUT2D eigenvalue weighted by Crippen LogP contribution is 2.24. The van der Waals surface area contributed by atoms with Crippen LogP contribution in [0.2, 0.25) is 0 Å². The zero-order valence-corrected chi connectivity index (χ0v) is 12.1. The van der Waals surface area contributed by atoms with Crippen molar-refractivity contribution >= 4 is 11.9 Å². The van der Waals surface area contributed by atoms with Crippen LogP contribution in [0.15, 0.2) is 36.5 Å². The topological polar surface area (TPSA) is 83.4 Å². The van der Waals surface area contributed by atoms with E-state index in [4.69, 9.17) is 0 Å². The molecule has 0 unspecified atom stereocenters. The molecule has 0 fully saturated rings. The molecule has 0 aliphatic carbocycles. The van der Waals surface area contributed by atoms with Crippen LogP contribution in [0.1, 0.15) is 27.4 Å². The van der Waals surface area contributed by atoms with E-state index in [1.807, 2.05) is 24.3 Å². The Kier molecular flexibility index (Phi) is 3.58.